The van der Waals surface area contributed by atoms with Crippen LogP contribution in [0.3, 0.4) is 0 Å². The standard InChI is InChI=1S/C17H27NO/c1-4-18-17(13(3)19-5-2)12-14-9-10-15-7-6-8-16(15)11-14/h9-11,13,17-18H,4-8,12H2,1-3H3. The van der Waals surface area contributed by atoms with Gasteiger partial charge in [0.05, 0.1) is 6.10 Å². The molecule has 0 heterocycles. The first-order valence-electron chi connectivity index (χ1n) is 7.70. The topological polar surface area (TPSA) is 21.3 Å². The number of hydrogen-bond donors (Lipinski definition) is 1. The Hall–Kier alpha value is -0.860. The van der Waals surface area contributed by atoms with Crippen LogP contribution in [-0.4, -0.2) is 25.3 Å². The molecule has 19 heavy (non-hydrogen) atoms. The summed E-state index contributed by atoms with van der Waals surface area (Å²) in [6, 6.07) is 7.44. The van der Waals surface area contributed by atoms with Crippen molar-refractivity contribution in [3.63, 3.8) is 0 Å². The van der Waals surface area contributed by atoms with Crippen LogP contribution in [-0.2, 0) is 24.0 Å². The molecule has 2 unspecified atom stereocenters. The van der Waals surface area contributed by atoms with Gasteiger partial charge in [-0.25, -0.2) is 0 Å². The zero-order valence-corrected chi connectivity index (χ0v) is 12.5. The van der Waals surface area contributed by atoms with Gasteiger partial charge in [0.2, 0.25) is 0 Å². The van der Waals surface area contributed by atoms with E-state index in [2.05, 4.69) is 44.3 Å². The molecule has 2 atom stereocenters. The third-order valence-electron chi connectivity index (χ3n) is 4.08. The number of likely N-dealkylation sites (N-methyl/N-ethyl adjacent to an activating group) is 1. The highest BCUT2D eigenvalue weighted by molar-refractivity contribution is 5.35. The van der Waals surface area contributed by atoms with Crippen LogP contribution in [0.25, 0.3) is 0 Å². The summed E-state index contributed by atoms with van der Waals surface area (Å²) < 4.78 is 5.76. The molecule has 0 aromatic heterocycles. The van der Waals surface area contributed by atoms with Crippen molar-refractivity contribution >= 4 is 0 Å². The van der Waals surface area contributed by atoms with Gasteiger partial charge >= 0.3 is 0 Å². The van der Waals surface area contributed by atoms with E-state index in [1.54, 1.807) is 11.1 Å². The SMILES string of the molecule is CCNC(Cc1ccc2c(c1)CCC2)C(C)OCC. The highest BCUT2D eigenvalue weighted by Gasteiger charge is 2.18. The van der Waals surface area contributed by atoms with Crippen molar-refractivity contribution in [3.8, 4) is 0 Å². The molecule has 0 saturated heterocycles. The van der Waals surface area contributed by atoms with Crippen molar-refractivity contribution in [2.75, 3.05) is 13.2 Å². The maximum absolute atomic E-state index is 5.76. The number of aryl methyl sites for hydroxylation is 2. The van der Waals surface area contributed by atoms with Crippen LogP contribution < -0.4 is 5.32 Å². The fourth-order valence-electron chi connectivity index (χ4n) is 3.05. The molecule has 2 heteroatoms. The van der Waals surface area contributed by atoms with Gasteiger partial charge in [-0.05, 0) is 62.8 Å². The number of ether oxygens (including phenoxy) is 1. The predicted octanol–water partition coefficient (Wildman–Crippen LogP) is 3.12. The minimum Gasteiger partial charge on any atom is -0.377 e. The predicted molar refractivity (Wildman–Crippen MR) is 80.7 cm³/mol. The molecule has 106 valence electrons. The molecule has 2 rings (SSSR count). The fraction of sp³-hybridized carbons (Fsp3) is 0.647. The number of benzene rings is 1. The van der Waals surface area contributed by atoms with E-state index in [0.717, 1.165) is 19.6 Å². The Morgan fingerprint density at radius 2 is 2.00 bits per heavy atom. The lowest BCUT2D eigenvalue weighted by atomic mass is 9.98. The molecule has 0 aliphatic heterocycles. The molecule has 2 nitrogen and oxygen atoms in total. The first-order chi connectivity index (χ1) is 9.24. The zero-order chi connectivity index (χ0) is 13.7. The van der Waals surface area contributed by atoms with Gasteiger partial charge < -0.3 is 10.1 Å². The number of nitrogens with one attached hydrogen (secondary N) is 1. The van der Waals surface area contributed by atoms with E-state index in [-0.39, 0.29) is 6.10 Å². The monoisotopic (exact) mass is 261 g/mol. The largest absolute Gasteiger partial charge is 0.377 e. The summed E-state index contributed by atoms with van der Waals surface area (Å²) in [4.78, 5) is 0. The number of hydrogen-bond acceptors (Lipinski definition) is 2. The average Bonchev–Trinajstić information content (AvgIpc) is 2.86. The van der Waals surface area contributed by atoms with Crippen molar-refractivity contribution in [3.05, 3.63) is 34.9 Å². The summed E-state index contributed by atoms with van der Waals surface area (Å²) in [7, 11) is 0. The van der Waals surface area contributed by atoms with Crippen LogP contribution >= 0.6 is 0 Å². The maximum atomic E-state index is 5.76. The van der Waals surface area contributed by atoms with Gasteiger partial charge in [0.15, 0.2) is 0 Å². The second kappa shape index (κ2) is 7.06. The van der Waals surface area contributed by atoms with Crippen LogP contribution in [0.15, 0.2) is 18.2 Å². The molecule has 0 amide bonds. The molecule has 1 aliphatic carbocycles. The second-order valence-corrected chi connectivity index (χ2v) is 5.49. The van der Waals surface area contributed by atoms with Gasteiger partial charge in [-0.1, -0.05) is 25.1 Å². The normalized spacial score (nSPS) is 17.2. The Labute approximate surface area is 117 Å². The van der Waals surface area contributed by atoms with Crippen LogP contribution in [0, 0.1) is 0 Å². The smallest absolute Gasteiger partial charge is 0.0703 e. The van der Waals surface area contributed by atoms with Gasteiger partial charge in [-0.3, -0.25) is 0 Å². The summed E-state index contributed by atoms with van der Waals surface area (Å²) in [5.74, 6) is 0. The average molecular weight is 261 g/mol. The molecular weight excluding hydrogens is 234 g/mol. The van der Waals surface area contributed by atoms with Crippen molar-refractivity contribution in [1.82, 2.24) is 5.32 Å². The zero-order valence-electron chi connectivity index (χ0n) is 12.5. The third kappa shape index (κ3) is 3.80. The first-order valence-corrected chi connectivity index (χ1v) is 7.70. The van der Waals surface area contributed by atoms with E-state index < -0.39 is 0 Å². The summed E-state index contributed by atoms with van der Waals surface area (Å²) >= 11 is 0. The number of rotatable bonds is 7. The second-order valence-electron chi connectivity index (χ2n) is 5.49. The lowest BCUT2D eigenvalue weighted by Gasteiger charge is -2.25. The van der Waals surface area contributed by atoms with Crippen molar-refractivity contribution in [2.45, 2.75) is 58.6 Å². The van der Waals surface area contributed by atoms with Crippen LogP contribution in [0.4, 0.5) is 0 Å². The summed E-state index contributed by atoms with van der Waals surface area (Å²) in [5, 5.41) is 3.56. The van der Waals surface area contributed by atoms with E-state index in [1.165, 1.54) is 24.8 Å². The van der Waals surface area contributed by atoms with Crippen LogP contribution in [0.5, 0.6) is 0 Å². The molecule has 1 aromatic rings. The van der Waals surface area contributed by atoms with E-state index in [1.807, 2.05) is 0 Å². The van der Waals surface area contributed by atoms with Crippen LogP contribution in [0.1, 0.15) is 43.9 Å². The number of fused-ring (bicyclic) bond motifs is 1. The summed E-state index contributed by atoms with van der Waals surface area (Å²) in [6.07, 6.45) is 5.17. The quantitative estimate of drug-likeness (QED) is 0.814. The van der Waals surface area contributed by atoms with Crippen LogP contribution in [0.2, 0.25) is 0 Å². The third-order valence-corrected chi connectivity index (χ3v) is 4.08. The fourth-order valence-corrected chi connectivity index (χ4v) is 3.05. The Morgan fingerprint density at radius 3 is 2.74 bits per heavy atom. The minimum absolute atomic E-state index is 0.262. The van der Waals surface area contributed by atoms with E-state index >= 15 is 0 Å². The Kier molecular flexibility index (Phi) is 5.41. The first kappa shape index (κ1) is 14.5. The molecular formula is C17H27NO. The van der Waals surface area contributed by atoms with Gasteiger partial charge in [0.25, 0.3) is 0 Å². The molecule has 0 fully saturated rings. The van der Waals surface area contributed by atoms with Crippen molar-refractivity contribution in [2.24, 2.45) is 0 Å². The Balaban J connectivity index is 2.03. The van der Waals surface area contributed by atoms with E-state index in [4.69, 9.17) is 4.74 Å². The van der Waals surface area contributed by atoms with Gasteiger partial charge in [-0.15, -0.1) is 0 Å². The molecule has 1 N–H and O–H groups in total. The highest BCUT2D eigenvalue weighted by Crippen LogP contribution is 2.23. The maximum Gasteiger partial charge on any atom is 0.0703 e. The summed E-state index contributed by atoms with van der Waals surface area (Å²) in [5.41, 5.74) is 4.57. The van der Waals surface area contributed by atoms with Crippen molar-refractivity contribution < 1.29 is 4.74 Å². The van der Waals surface area contributed by atoms with E-state index in [0.29, 0.717) is 6.04 Å². The highest BCUT2D eigenvalue weighted by atomic mass is 16.5. The van der Waals surface area contributed by atoms with Gasteiger partial charge in [0.1, 0.15) is 0 Å². The molecule has 0 bridgehead atoms. The van der Waals surface area contributed by atoms with Gasteiger partial charge in [0, 0.05) is 12.6 Å². The minimum atomic E-state index is 0.262. The molecule has 1 aromatic carbocycles. The summed E-state index contributed by atoms with van der Waals surface area (Å²) in [6.45, 7) is 8.17. The Morgan fingerprint density at radius 1 is 1.21 bits per heavy atom. The molecule has 1 aliphatic rings. The Bertz CT molecular complexity index is 402. The molecule has 0 spiro atoms. The lowest BCUT2D eigenvalue weighted by Crippen LogP contribution is -2.41. The molecule has 0 radical (unpaired) electrons. The van der Waals surface area contributed by atoms with Crippen molar-refractivity contribution in [1.29, 1.82) is 0 Å². The van der Waals surface area contributed by atoms with Gasteiger partial charge in [-0.2, -0.15) is 0 Å². The van der Waals surface area contributed by atoms with E-state index in [9.17, 15) is 0 Å². The lowest BCUT2D eigenvalue weighted by molar-refractivity contribution is 0.0480. The molecule has 0 saturated carbocycles.